The summed E-state index contributed by atoms with van der Waals surface area (Å²) in [5, 5.41) is 5.07. The number of nitrogens with zero attached hydrogens (tertiary/aromatic N) is 2. The second kappa shape index (κ2) is 7.15. The topological polar surface area (TPSA) is 53.4 Å². The normalized spacial score (nSPS) is 13.5. The van der Waals surface area contributed by atoms with E-state index in [2.05, 4.69) is 21.0 Å². The van der Waals surface area contributed by atoms with Crippen LogP contribution >= 0.6 is 27.5 Å². The zero-order chi connectivity index (χ0) is 17.3. The number of hydrogen-bond acceptors (Lipinski definition) is 4. The Morgan fingerprint density at radius 2 is 2.21 bits per heavy atom. The van der Waals surface area contributed by atoms with Gasteiger partial charge in [-0.05, 0) is 43.9 Å². The van der Waals surface area contributed by atoms with Crippen molar-refractivity contribution in [2.75, 3.05) is 7.11 Å². The molecule has 1 aromatic carbocycles. The molecule has 2 aromatic rings. The molecule has 0 saturated carbocycles. The minimum atomic E-state index is -0.365. The first-order valence-electron chi connectivity index (χ1n) is 7.76. The highest BCUT2D eigenvalue weighted by atomic mass is 79.9. The molecule has 0 bridgehead atoms. The highest BCUT2D eigenvalue weighted by molar-refractivity contribution is 9.10. The van der Waals surface area contributed by atoms with Crippen molar-refractivity contribution in [3.8, 4) is 5.75 Å². The van der Waals surface area contributed by atoms with Crippen LogP contribution in [0.2, 0.25) is 5.02 Å². The van der Waals surface area contributed by atoms with Crippen molar-refractivity contribution in [2.45, 2.75) is 39.3 Å². The molecule has 1 aliphatic rings. The van der Waals surface area contributed by atoms with E-state index >= 15 is 0 Å². The van der Waals surface area contributed by atoms with Crippen LogP contribution in [0.4, 0.5) is 0 Å². The molecule has 0 atom stereocenters. The molecular weight excluding hydrogens is 396 g/mol. The number of carbonyl (C=O) groups is 1. The fraction of sp³-hybridized carbons (Fsp3) is 0.412. The number of rotatable bonds is 4. The summed E-state index contributed by atoms with van der Waals surface area (Å²) >= 11 is 9.66. The highest BCUT2D eigenvalue weighted by Crippen LogP contribution is 2.33. The SMILES string of the molecule is COC(=O)c1c(COc2c(C)cc(Br)cc2Cl)nn2c1CCCC2. The van der Waals surface area contributed by atoms with Crippen LogP contribution in [0.15, 0.2) is 16.6 Å². The maximum absolute atomic E-state index is 12.2. The summed E-state index contributed by atoms with van der Waals surface area (Å²) < 4.78 is 13.6. The first-order chi connectivity index (χ1) is 11.5. The van der Waals surface area contributed by atoms with Gasteiger partial charge in [0.05, 0.1) is 17.8 Å². The Hall–Kier alpha value is -1.53. The monoisotopic (exact) mass is 412 g/mol. The van der Waals surface area contributed by atoms with Gasteiger partial charge in [-0.25, -0.2) is 4.79 Å². The van der Waals surface area contributed by atoms with Crippen molar-refractivity contribution in [3.05, 3.63) is 44.1 Å². The summed E-state index contributed by atoms with van der Waals surface area (Å²) in [6, 6.07) is 3.71. The molecule has 1 aromatic heterocycles. The van der Waals surface area contributed by atoms with Crippen LogP contribution < -0.4 is 4.74 Å². The summed E-state index contributed by atoms with van der Waals surface area (Å²) in [4.78, 5) is 12.2. The minimum Gasteiger partial charge on any atom is -0.485 e. The molecule has 0 radical (unpaired) electrons. The Kier molecular flexibility index (Phi) is 5.15. The summed E-state index contributed by atoms with van der Waals surface area (Å²) in [7, 11) is 1.38. The van der Waals surface area contributed by atoms with Crippen LogP contribution in [0.1, 0.15) is 40.2 Å². The molecule has 3 rings (SSSR count). The molecule has 7 heteroatoms. The Morgan fingerprint density at radius 1 is 1.42 bits per heavy atom. The largest absolute Gasteiger partial charge is 0.485 e. The first kappa shape index (κ1) is 17.3. The average Bonchev–Trinajstić information content (AvgIpc) is 2.91. The van der Waals surface area contributed by atoms with Crippen molar-refractivity contribution in [3.63, 3.8) is 0 Å². The lowest BCUT2D eigenvalue weighted by Gasteiger charge is -2.13. The maximum Gasteiger partial charge on any atom is 0.341 e. The maximum atomic E-state index is 12.2. The molecule has 128 valence electrons. The molecule has 24 heavy (non-hydrogen) atoms. The molecule has 1 aliphatic heterocycles. The third-order valence-corrected chi connectivity index (χ3v) is 4.84. The van der Waals surface area contributed by atoms with Gasteiger partial charge in [0.1, 0.15) is 23.6 Å². The van der Waals surface area contributed by atoms with Crippen LogP contribution in [0, 0.1) is 6.92 Å². The van der Waals surface area contributed by atoms with Crippen LogP contribution in [0.5, 0.6) is 5.75 Å². The zero-order valence-electron chi connectivity index (χ0n) is 13.6. The van der Waals surface area contributed by atoms with Crippen LogP contribution in [-0.2, 0) is 24.3 Å². The lowest BCUT2D eigenvalue weighted by molar-refractivity contribution is 0.0596. The summed E-state index contributed by atoms with van der Waals surface area (Å²) in [6.45, 7) is 2.91. The van der Waals surface area contributed by atoms with Crippen LogP contribution in [-0.4, -0.2) is 22.9 Å². The molecule has 0 N–H and O–H groups in total. The lowest BCUT2D eigenvalue weighted by Crippen LogP contribution is -2.14. The van der Waals surface area contributed by atoms with E-state index in [0.29, 0.717) is 22.0 Å². The number of ether oxygens (including phenoxy) is 2. The number of fused-ring (bicyclic) bond motifs is 1. The van der Waals surface area contributed by atoms with E-state index in [-0.39, 0.29) is 12.6 Å². The van der Waals surface area contributed by atoms with Gasteiger partial charge in [-0.1, -0.05) is 27.5 Å². The third-order valence-electron chi connectivity index (χ3n) is 4.10. The Morgan fingerprint density at radius 3 is 2.92 bits per heavy atom. The van der Waals surface area contributed by atoms with Crippen molar-refractivity contribution >= 4 is 33.5 Å². The lowest BCUT2D eigenvalue weighted by atomic mass is 10.1. The van der Waals surface area contributed by atoms with Crippen molar-refractivity contribution in [2.24, 2.45) is 0 Å². The molecule has 0 fully saturated rings. The van der Waals surface area contributed by atoms with Gasteiger partial charge in [-0.3, -0.25) is 4.68 Å². The Labute approximate surface area is 154 Å². The Balaban J connectivity index is 1.91. The number of benzene rings is 1. The number of aromatic nitrogens is 2. The third kappa shape index (κ3) is 3.30. The molecular formula is C17H18BrClN2O3. The number of esters is 1. The van der Waals surface area contributed by atoms with Gasteiger partial charge in [0.2, 0.25) is 0 Å². The van der Waals surface area contributed by atoms with Crippen molar-refractivity contribution in [1.29, 1.82) is 0 Å². The van der Waals surface area contributed by atoms with E-state index in [9.17, 15) is 4.79 Å². The summed E-state index contributed by atoms with van der Waals surface area (Å²) in [5.74, 6) is 0.233. The second-order valence-corrected chi connectivity index (χ2v) is 7.09. The molecule has 0 saturated heterocycles. The van der Waals surface area contributed by atoms with E-state index in [0.717, 1.165) is 41.5 Å². The summed E-state index contributed by atoms with van der Waals surface area (Å²) in [6.07, 6.45) is 2.94. The molecule has 0 spiro atoms. The minimum absolute atomic E-state index is 0.173. The van der Waals surface area contributed by atoms with Gasteiger partial charge in [-0.15, -0.1) is 0 Å². The van der Waals surface area contributed by atoms with Crippen molar-refractivity contribution in [1.82, 2.24) is 9.78 Å². The standard InChI is InChI=1S/C17H18BrClN2O3/c1-10-7-11(18)8-12(19)16(10)24-9-13-15(17(22)23-2)14-5-3-4-6-21(14)20-13/h7-8H,3-6,9H2,1-2H3. The fourth-order valence-electron chi connectivity index (χ4n) is 3.00. The molecule has 0 unspecified atom stereocenters. The van der Waals surface area contributed by atoms with Gasteiger partial charge >= 0.3 is 5.97 Å². The van der Waals surface area contributed by atoms with Gasteiger partial charge in [0.15, 0.2) is 0 Å². The number of methoxy groups -OCH3 is 1. The predicted octanol–water partition coefficient (Wildman–Crippen LogP) is 4.31. The van der Waals surface area contributed by atoms with Crippen LogP contribution in [0.25, 0.3) is 0 Å². The van der Waals surface area contributed by atoms with Gasteiger partial charge < -0.3 is 9.47 Å². The first-order valence-corrected chi connectivity index (χ1v) is 8.93. The molecule has 0 aliphatic carbocycles. The molecule has 5 nitrogen and oxygen atoms in total. The van der Waals surface area contributed by atoms with E-state index in [1.54, 1.807) is 6.07 Å². The van der Waals surface area contributed by atoms with E-state index in [4.69, 9.17) is 21.1 Å². The number of aryl methyl sites for hydroxylation is 2. The van der Waals surface area contributed by atoms with E-state index in [1.165, 1.54) is 7.11 Å². The predicted molar refractivity (Wildman–Crippen MR) is 94.7 cm³/mol. The average molecular weight is 414 g/mol. The van der Waals surface area contributed by atoms with Gasteiger partial charge in [0, 0.05) is 11.0 Å². The highest BCUT2D eigenvalue weighted by Gasteiger charge is 2.26. The van der Waals surface area contributed by atoms with E-state index in [1.807, 2.05) is 17.7 Å². The summed E-state index contributed by atoms with van der Waals surface area (Å²) in [5.41, 5.74) is 2.98. The molecule has 2 heterocycles. The Bertz CT molecular complexity index is 765. The number of hydrogen-bond donors (Lipinski definition) is 0. The second-order valence-electron chi connectivity index (χ2n) is 5.76. The quantitative estimate of drug-likeness (QED) is 0.701. The molecule has 0 amide bonds. The van der Waals surface area contributed by atoms with Crippen molar-refractivity contribution < 1.29 is 14.3 Å². The van der Waals surface area contributed by atoms with E-state index < -0.39 is 0 Å². The fourth-order valence-corrected chi connectivity index (χ4v) is 4.02. The smallest absolute Gasteiger partial charge is 0.341 e. The van der Waals surface area contributed by atoms with Crippen LogP contribution in [0.3, 0.4) is 0 Å². The van der Waals surface area contributed by atoms with Gasteiger partial charge in [-0.2, -0.15) is 5.10 Å². The number of carbonyl (C=O) groups excluding carboxylic acids is 1. The van der Waals surface area contributed by atoms with Gasteiger partial charge in [0.25, 0.3) is 0 Å². The number of halogens is 2. The zero-order valence-corrected chi connectivity index (χ0v) is 15.9.